The van der Waals surface area contributed by atoms with Gasteiger partial charge in [0.05, 0.1) is 17.7 Å². The molecular formula is C11H20N2O5S. The molecule has 1 aliphatic rings. The summed E-state index contributed by atoms with van der Waals surface area (Å²) in [6.45, 7) is 1.58. The van der Waals surface area contributed by atoms with E-state index in [0.717, 1.165) is 6.42 Å². The number of hydrogen-bond acceptors (Lipinski definition) is 4. The van der Waals surface area contributed by atoms with Crippen molar-refractivity contribution in [2.45, 2.75) is 38.1 Å². The number of urea groups is 1. The summed E-state index contributed by atoms with van der Waals surface area (Å²) >= 11 is 0. The number of hydrogen-bond donors (Lipinski definition) is 3. The van der Waals surface area contributed by atoms with E-state index in [1.807, 2.05) is 0 Å². The number of rotatable bonds is 7. The largest absolute Gasteiger partial charge is 0.481 e. The van der Waals surface area contributed by atoms with Crippen LogP contribution < -0.4 is 10.6 Å². The molecule has 110 valence electrons. The molecular weight excluding hydrogens is 272 g/mol. The van der Waals surface area contributed by atoms with Gasteiger partial charge in [0.1, 0.15) is 0 Å². The van der Waals surface area contributed by atoms with E-state index in [-0.39, 0.29) is 24.5 Å². The normalized spacial score (nSPS) is 17.3. The topological polar surface area (TPSA) is 113 Å². The molecule has 3 N–H and O–H groups in total. The maximum absolute atomic E-state index is 11.6. The monoisotopic (exact) mass is 292 g/mol. The Bertz CT molecular complexity index is 442. The maximum atomic E-state index is 11.6. The second-order valence-corrected chi connectivity index (χ2v) is 7.29. The molecule has 0 aromatic carbocycles. The second-order valence-electron chi connectivity index (χ2n) is 4.82. The predicted octanol–water partition coefficient (Wildman–Crippen LogP) is 0.118. The summed E-state index contributed by atoms with van der Waals surface area (Å²) in [5, 5.41) is 13.9. The lowest BCUT2D eigenvalue weighted by Crippen LogP contribution is -2.57. The molecule has 0 radical (unpaired) electrons. The molecule has 0 saturated heterocycles. The van der Waals surface area contributed by atoms with Crippen molar-refractivity contribution in [2.75, 3.05) is 18.1 Å². The maximum Gasteiger partial charge on any atom is 0.315 e. The van der Waals surface area contributed by atoms with Crippen molar-refractivity contribution in [3.8, 4) is 0 Å². The second kappa shape index (κ2) is 6.23. The molecule has 0 atom stereocenters. The molecule has 2 amide bonds. The minimum Gasteiger partial charge on any atom is -0.481 e. The fraction of sp³-hybridized carbons (Fsp3) is 0.818. The van der Waals surface area contributed by atoms with Crippen LogP contribution in [-0.2, 0) is 14.6 Å². The van der Waals surface area contributed by atoms with Gasteiger partial charge in [-0.15, -0.1) is 0 Å². The van der Waals surface area contributed by atoms with Crippen LogP contribution in [0.15, 0.2) is 0 Å². The Morgan fingerprint density at radius 1 is 1.32 bits per heavy atom. The van der Waals surface area contributed by atoms with Crippen LogP contribution in [0.2, 0.25) is 0 Å². The number of aliphatic carboxylic acids is 1. The van der Waals surface area contributed by atoms with E-state index in [0.29, 0.717) is 12.8 Å². The smallest absolute Gasteiger partial charge is 0.315 e. The molecule has 1 aliphatic carbocycles. The van der Waals surface area contributed by atoms with Crippen molar-refractivity contribution < 1.29 is 23.1 Å². The predicted molar refractivity (Wildman–Crippen MR) is 69.7 cm³/mol. The summed E-state index contributed by atoms with van der Waals surface area (Å²) in [5.74, 6) is -1.02. The van der Waals surface area contributed by atoms with E-state index in [9.17, 15) is 18.0 Å². The first-order valence-corrected chi connectivity index (χ1v) is 8.09. The van der Waals surface area contributed by atoms with Crippen LogP contribution >= 0.6 is 0 Å². The van der Waals surface area contributed by atoms with Gasteiger partial charge in [-0.2, -0.15) is 0 Å². The van der Waals surface area contributed by atoms with Gasteiger partial charge in [-0.3, -0.25) is 4.79 Å². The zero-order valence-corrected chi connectivity index (χ0v) is 11.8. The van der Waals surface area contributed by atoms with Gasteiger partial charge in [-0.25, -0.2) is 13.2 Å². The zero-order valence-electron chi connectivity index (χ0n) is 10.9. The van der Waals surface area contributed by atoms with Gasteiger partial charge in [0.15, 0.2) is 9.84 Å². The summed E-state index contributed by atoms with van der Waals surface area (Å²) in [6, 6.07) is -0.507. The molecule has 0 unspecified atom stereocenters. The Kier molecular flexibility index (Phi) is 5.16. The summed E-state index contributed by atoms with van der Waals surface area (Å²) in [5.41, 5.74) is -0.667. The van der Waals surface area contributed by atoms with Crippen molar-refractivity contribution in [1.29, 1.82) is 0 Å². The Labute approximate surface area is 112 Å². The van der Waals surface area contributed by atoms with Gasteiger partial charge in [-0.05, 0) is 19.3 Å². The standard InChI is InChI=1S/C11H20N2O5S/c1-2-19(17,18)7-6-12-10(16)13-11(4-3-5-11)8-9(14)15/h2-8H2,1H3,(H,14,15)(H2,12,13,16). The first-order valence-electron chi connectivity index (χ1n) is 6.27. The Hall–Kier alpha value is -1.31. The van der Waals surface area contributed by atoms with Crippen molar-refractivity contribution in [3.63, 3.8) is 0 Å². The van der Waals surface area contributed by atoms with Gasteiger partial charge in [-0.1, -0.05) is 6.92 Å². The zero-order chi connectivity index (χ0) is 14.5. The van der Waals surface area contributed by atoms with Crippen LogP contribution in [0.4, 0.5) is 4.79 Å². The third-order valence-corrected chi connectivity index (χ3v) is 5.02. The van der Waals surface area contributed by atoms with Crippen molar-refractivity contribution in [3.05, 3.63) is 0 Å². The molecule has 0 heterocycles. The Balaban J connectivity index is 2.36. The average molecular weight is 292 g/mol. The number of carbonyl (C=O) groups is 2. The summed E-state index contributed by atoms with van der Waals surface area (Å²) in [7, 11) is -3.11. The van der Waals surface area contributed by atoms with E-state index in [1.54, 1.807) is 6.92 Å². The molecule has 8 heteroatoms. The van der Waals surface area contributed by atoms with Crippen molar-refractivity contribution >= 4 is 21.8 Å². The van der Waals surface area contributed by atoms with Crippen molar-refractivity contribution in [2.24, 2.45) is 0 Å². The minimum absolute atomic E-state index is 0.0329. The highest BCUT2D eigenvalue weighted by atomic mass is 32.2. The van der Waals surface area contributed by atoms with E-state index in [2.05, 4.69) is 10.6 Å². The van der Waals surface area contributed by atoms with E-state index < -0.39 is 27.4 Å². The van der Waals surface area contributed by atoms with Gasteiger partial charge >= 0.3 is 12.0 Å². The third kappa shape index (κ3) is 5.06. The van der Waals surface area contributed by atoms with Crippen LogP contribution in [-0.4, -0.2) is 49.1 Å². The molecule has 1 rings (SSSR count). The van der Waals surface area contributed by atoms with Gasteiger partial charge < -0.3 is 15.7 Å². The number of nitrogens with one attached hydrogen (secondary N) is 2. The van der Waals surface area contributed by atoms with Crippen LogP contribution in [0.1, 0.15) is 32.6 Å². The summed E-state index contributed by atoms with van der Waals surface area (Å²) in [6.07, 6.45) is 2.06. The highest BCUT2D eigenvalue weighted by molar-refractivity contribution is 7.91. The molecule has 0 aliphatic heterocycles. The number of carboxylic acid groups (broad SMARTS) is 1. The number of sulfone groups is 1. The fourth-order valence-electron chi connectivity index (χ4n) is 1.99. The lowest BCUT2D eigenvalue weighted by Gasteiger charge is -2.41. The first-order chi connectivity index (χ1) is 8.79. The number of carbonyl (C=O) groups excluding carboxylic acids is 1. The van der Waals surface area contributed by atoms with E-state index in [1.165, 1.54) is 0 Å². The van der Waals surface area contributed by atoms with Crippen LogP contribution in [0.3, 0.4) is 0 Å². The number of carboxylic acids is 1. The molecule has 1 saturated carbocycles. The lowest BCUT2D eigenvalue weighted by atomic mass is 9.74. The number of amides is 2. The van der Waals surface area contributed by atoms with Gasteiger partial charge in [0.2, 0.25) is 0 Å². The van der Waals surface area contributed by atoms with Gasteiger partial charge in [0.25, 0.3) is 0 Å². The highest BCUT2D eigenvalue weighted by Crippen LogP contribution is 2.34. The SMILES string of the molecule is CCS(=O)(=O)CCNC(=O)NC1(CC(=O)O)CCC1. The molecule has 19 heavy (non-hydrogen) atoms. The molecule has 7 nitrogen and oxygen atoms in total. The molecule has 0 bridgehead atoms. The molecule has 0 spiro atoms. The molecule has 0 aromatic rings. The van der Waals surface area contributed by atoms with Crippen LogP contribution in [0, 0.1) is 0 Å². The van der Waals surface area contributed by atoms with E-state index in [4.69, 9.17) is 5.11 Å². The highest BCUT2D eigenvalue weighted by Gasteiger charge is 2.40. The Morgan fingerprint density at radius 2 is 1.95 bits per heavy atom. The minimum atomic E-state index is -3.11. The average Bonchev–Trinajstić information content (AvgIpc) is 2.25. The van der Waals surface area contributed by atoms with E-state index >= 15 is 0 Å². The molecule has 0 aromatic heterocycles. The van der Waals surface area contributed by atoms with Gasteiger partial charge in [0, 0.05) is 12.3 Å². The third-order valence-electron chi connectivity index (χ3n) is 3.32. The Morgan fingerprint density at radius 3 is 2.37 bits per heavy atom. The summed E-state index contributed by atoms with van der Waals surface area (Å²) in [4.78, 5) is 22.3. The van der Waals surface area contributed by atoms with Crippen LogP contribution in [0.25, 0.3) is 0 Å². The van der Waals surface area contributed by atoms with Crippen LogP contribution in [0.5, 0.6) is 0 Å². The lowest BCUT2D eigenvalue weighted by molar-refractivity contribution is -0.139. The van der Waals surface area contributed by atoms with Crippen molar-refractivity contribution in [1.82, 2.24) is 10.6 Å². The first kappa shape index (κ1) is 15.7. The fourth-order valence-corrected chi connectivity index (χ4v) is 2.69. The molecule has 1 fully saturated rings. The summed E-state index contributed by atoms with van der Waals surface area (Å²) < 4.78 is 22.5. The quantitative estimate of drug-likeness (QED) is 0.617.